The zero-order valence-corrected chi connectivity index (χ0v) is 10.0. The Morgan fingerprint density at radius 3 is 2.57 bits per heavy atom. The second kappa shape index (κ2) is 2.52. The number of hydrogen-bond donors (Lipinski definition) is 0. The highest BCUT2D eigenvalue weighted by molar-refractivity contribution is 9.10. The summed E-state index contributed by atoms with van der Waals surface area (Å²) in [5, 5.41) is 0. The van der Waals surface area contributed by atoms with Gasteiger partial charge >= 0.3 is 0 Å². The average molecular weight is 249 g/mol. The van der Waals surface area contributed by atoms with Gasteiger partial charge in [0, 0.05) is 16.3 Å². The Balaban J connectivity index is 2.29. The molecule has 0 N–H and O–H groups in total. The molecule has 1 aromatic carbocycles. The van der Waals surface area contributed by atoms with Crippen molar-refractivity contribution in [1.29, 1.82) is 0 Å². The molecule has 0 radical (unpaired) electrons. The topological polar surface area (TPSA) is 0 Å². The van der Waals surface area contributed by atoms with E-state index in [4.69, 9.17) is 0 Å². The van der Waals surface area contributed by atoms with Crippen molar-refractivity contribution in [3.8, 4) is 0 Å². The fraction of sp³-hybridized carbons (Fsp3) is 0.385. The first kappa shape index (κ1) is 8.72. The molecule has 0 aromatic heterocycles. The van der Waals surface area contributed by atoms with E-state index in [0.717, 1.165) is 0 Å². The lowest BCUT2D eigenvalue weighted by Crippen LogP contribution is -2.15. The van der Waals surface area contributed by atoms with E-state index >= 15 is 0 Å². The van der Waals surface area contributed by atoms with Gasteiger partial charge in [-0.15, -0.1) is 0 Å². The van der Waals surface area contributed by atoms with Gasteiger partial charge in [0.05, 0.1) is 0 Å². The zero-order chi connectivity index (χ0) is 9.92. The van der Waals surface area contributed by atoms with Crippen LogP contribution in [0.2, 0.25) is 0 Å². The van der Waals surface area contributed by atoms with Crippen molar-refractivity contribution >= 4 is 15.9 Å². The molecule has 2 aliphatic rings. The predicted octanol–water partition coefficient (Wildman–Crippen LogP) is 4.23. The highest BCUT2D eigenvalue weighted by Crippen LogP contribution is 2.61. The summed E-state index contributed by atoms with van der Waals surface area (Å²) in [6, 6.07) is 6.58. The van der Waals surface area contributed by atoms with Gasteiger partial charge in [-0.25, -0.2) is 0 Å². The summed E-state index contributed by atoms with van der Waals surface area (Å²) in [6.45, 7) is 4.74. The van der Waals surface area contributed by atoms with E-state index in [1.807, 2.05) is 0 Å². The van der Waals surface area contributed by atoms with Gasteiger partial charge in [-0.3, -0.25) is 0 Å². The summed E-state index contributed by atoms with van der Waals surface area (Å²) in [5.41, 5.74) is 3.42. The number of rotatable bonds is 0. The van der Waals surface area contributed by atoms with Crippen LogP contribution in [0, 0.1) is 5.41 Å². The van der Waals surface area contributed by atoms with Crippen molar-refractivity contribution in [3.63, 3.8) is 0 Å². The van der Waals surface area contributed by atoms with Gasteiger partial charge in [0.1, 0.15) is 0 Å². The van der Waals surface area contributed by atoms with Crippen LogP contribution in [-0.4, -0.2) is 0 Å². The summed E-state index contributed by atoms with van der Waals surface area (Å²) < 4.78 is 1.28. The van der Waals surface area contributed by atoms with Crippen LogP contribution >= 0.6 is 15.9 Å². The number of allylic oxidation sites excluding steroid dienone is 2. The van der Waals surface area contributed by atoms with Crippen molar-refractivity contribution in [2.24, 2.45) is 5.41 Å². The minimum atomic E-state index is 0.381. The Morgan fingerprint density at radius 1 is 1.14 bits per heavy atom. The van der Waals surface area contributed by atoms with Crippen LogP contribution in [0.25, 0.3) is 0 Å². The lowest BCUT2D eigenvalue weighted by Gasteiger charge is -2.24. The molecule has 14 heavy (non-hydrogen) atoms. The summed E-state index contributed by atoms with van der Waals surface area (Å²) in [7, 11) is 0. The number of hydrogen-bond acceptors (Lipinski definition) is 0. The van der Waals surface area contributed by atoms with Crippen LogP contribution in [0.4, 0.5) is 0 Å². The fourth-order valence-corrected chi connectivity index (χ4v) is 3.67. The van der Waals surface area contributed by atoms with Crippen molar-refractivity contribution in [2.75, 3.05) is 0 Å². The highest BCUT2D eigenvalue weighted by atomic mass is 79.9. The number of halogens is 1. The third-order valence-corrected chi connectivity index (χ3v) is 4.52. The molecule has 2 bridgehead atoms. The monoisotopic (exact) mass is 248 g/mol. The molecule has 0 amide bonds. The van der Waals surface area contributed by atoms with Crippen LogP contribution in [0.15, 0.2) is 34.8 Å². The molecule has 2 aliphatic carbocycles. The average Bonchev–Trinajstić information content (AvgIpc) is 2.54. The summed E-state index contributed by atoms with van der Waals surface area (Å²) >= 11 is 3.67. The van der Waals surface area contributed by atoms with Gasteiger partial charge in [0.25, 0.3) is 0 Å². The molecule has 0 nitrogen and oxygen atoms in total. The van der Waals surface area contributed by atoms with E-state index in [-0.39, 0.29) is 0 Å². The van der Waals surface area contributed by atoms with Crippen LogP contribution in [0.5, 0.6) is 0 Å². The van der Waals surface area contributed by atoms with Crippen LogP contribution < -0.4 is 0 Å². The second-order valence-electron chi connectivity index (χ2n) is 4.90. The van der Waals surface area contributed by atoms with E-state index in [0.29, 0.717) is 17.3 Å². The molecule has 0 saturated carbocycles. The first-order valence-corrected chi connectivity index (χ1v) is 5.88. The summed E-state index contributed by atoms with van der Waals surface area (Å²) in [5.74, 6) is 1.23. The standard InChI is InChI=1S/C13H13Br/c1-13(2)9-6-7-10(13)12-8(9)4-3-5-11(12)14/h3-7,9-10H,1-2H3. The zero-order valence-electron chi connectivity index (χ0n) is 8.42. The number of benzene rings is 1. The first-order chi connectivity index (χ1) is 6.62. The minimum absolute atomic E-state index is 0.381. The Hall–Kier alpha value is -0.560. The Kier molecular flexibility index (Phi) is 1.57. The van der Waals surface area contributed by atoms with Gasteiger partial charge in [0.2, 0.25) is 0 Å². The summed E-state index contributed by atoms with van der Waals surface area (Å²) in [6.07, 6.45) is 4.75. The minimum Gasteiger partial charge on any atom is -0.0798 e. The lowest BCUT2D eigenvalue weighted by atomic mass is 9.79. The molecule has 0 aliphatic heterocycles. The molecule has 72 valence electrons. The Morgan fingerprint density at radius 2 is 1.86 bits per heavy atom. The van der Waals surface area contributed by atoms with Gasteiger partial charge in [-0.1, -0.05) is 54.1 Å². The van der Waals surface area contributed by atoms with Gasteiger partial charge in [0.15, 0.2) is 0 Å². The van der Waals surface area contributed by atoms with E-state index in [2.05, 4.69) is 60.1 Å². The largest absolute Gasteiger partial charge is 0.0798 e. The molecular weight excluding hydrogens is 236 g/mol. The highest BCUT2D eigenvalue weighted by Gasteiger charge is 2.48. The third kappa shape index (κ3) is 0.844. The molecule has 1 aromatic rings. The molecule has 1 heteroatoms. The van der Waals surface area contributed by atoms with Gasteiger partial charge < -0.3 is 0 Å². The normalized spacial score (nSPS) is 30.8. The molecule has 0 spiro atoms. The van der Waals surface area contributed by atoms with E-state index in [1.54, 1.807) is 0 Å². The predicted molar refractivity (Wildman–Crippen MR) is 62.5 cm³/mol. The molecule has 2 unspecified atom stereocenters. The van der Waals surface area contributed by atoms with Crippen molar-refractivity contribution in [3.05, 3.63) is 46.0 Å². The SMILES string of the molecule is CC1(C)C2C=CC1c1c(Br)cccc12. The molecule has 2 atom stereocenters. The quantitative estimate of drug-likeness (QED) is 0.604. The van der Waals surface area contributed by atoms with Gasteiger partial charge in [-0.05, 0) is 22.6 Å². The smallest absolute Gasteiger partial charge is 0.0216 e. The number of fused-ring (bicyclic) bond motifs is 5. The van der Waals surface area contributed by atoms with E-state index in [9.17, 15) is 0 Å². The van der Waals surface area contributed by atoms with Crippen molar-refractivity contribution < 1.29 is 0 Å². The molecule has 3 rings (SSSR count). The molecule has 0 saturated heterocycles. The lowest BCUT2D eigenvalue weighted by molar-refractivity contribution is 0.343. The van der Waals surface area contributed by atoms with E-state index < -0.39 is 0 Å². The second-order valence-corrected chi connectivity index (χ2v) is 5.76. The Bertz CT molecular complexity index is 429. The van der Waals surface area contributed by atoms with Crippen molar-refractivity contribution in [1.82, 2.24) is 0 Å². The molecule has 0 fully saturated rings. The van der Waals surface area contributed by atoms with Crippen molar-refractivity contribution in [2.45, 2.75) is 25.7 Å². The third-order valence-electron chi connectivity index (χ3n) is 3.83. The van der Waals surface area contributed by atoms with Gasteiger partial charge in [-0.2, -0.15) is 0 Å². The first-order valence-electron chi connectivity index (χ1n) is 5.09. The van der Waals surface area contributed by atoms with Crippen LogP contribution in [0.3, 0.4) is 0 Å². The molecule has 0 heterocycles. The fourth-order valence-electron chi connectivity index (χ4n) is 3.04. The van der Waals surface area contributed by atoms with E-state index in [1.165, 1.54) is 15.6 Å². The van der Waals surface area contributed by atoms with Crippen LogP contribution in [0.1, 0.15) is 36.8 Å². The maximum absolute atomic E-state index is 3.67. The molecular formula is C13H13Br. The van der Waals surface area contributed by atoms with Crippen LogP contribution in [-0.2, 0) is 0 Å². The summed E-state index contributed by atoms with van der Waals surface area (Å²) in [4.78, 5) is 0. The maximum atomic E-state index is 3.67. The maximum Gasteiger partial charge on any atom is 0.0216 e. The Labute approximate surface area is 93.2 Å².